The van der Waals surface area contributed by atoms with Crippen LogP contribution in [0.15, 0.2) is 41.6 Å². The van der Waals surface area contributed by atoms with E-state index in [1.54, 1.807) is 36.7 Å². The predicted molar refractivity (Wildman–Crippen MR) is 82.8 cm³/mol. The van der Waals surface area contributed by atoms with Crippen LogP contribution in [0.2, 0.25) is 0 Å². The van der Waals surface area contributed by atoms with E-state index in [1.807, 2.05) is 6.92 Å². The van der Waals surface area contributed by atoms with Gasteiger partial charge in [0.05, 0.1) is 10.9 Å². The molecule has 0 aliphatic heterocycles. The molecule has 1 unspecified atom stereocenters. The van der Waals surface area contributed by atoms with Crippen molar-refractivity contribution in [3.8, 4) is 0 Å². The van der Waals surface area contributed by atoms with Crippen LogP contribution in [-0.4, -0.2) is 24.3 Å². The van der Waals surface area contributed by atoms with E-state index in [-0.39, 0.29) is 10.9 Å². The number of aryl methyl sites for hydroxylation is 1. The highest BCUT2D eigenvalue weighted by atomic mass is 35.5. The van der Waals surface area contributed by atoms with Crippen LogP contribution in [0.3, 0.4) is 0 Å². The lowest BCUT2D eigenvalue weighted by Crippen LogP contribution is -2.29. The average Bonchev–Trinajstić information content (AvgIpc) is 3.00. The van der Waals surface area contributed by atoms with E-state index in [0.717, 1.165) is 12.0 Å². The molecule has 0 fully saturated rings. The first-order valence-electron chi connectivity index (χ1n) is 6.73. The Balaban J connectivity index is 2.17. The number of imidazole rings is 1. The van der Waals surface area contributed by atoms with Gasteiger partial charge in [0, 0.05) is 18.3 Å². The molecular weight excluding hydrogens is 310 g/mol. The van der Waals surface area contributed by atoms with Gasteiger partial charge in [-0.25, -0.2) is 18.1 Å². The lowest BCUT2D eigenvalue weighted by molar-refractivity contribution is 0.539. The van der Waals surface area contributed by atoms with Gasteiger partial charge in [0.1, 0.15) is 5.82 Å². The number of aromatic nitrogens is 2. The minimum Gasteiger partial charge on any atom is -0.347 e. The summed E-state index contributed by atoms with van der Waals surface area (Å²) in [6.45, 7) is 1.90. The molecule has 7 heteroatoms. The molecule has 1 aromatic carbocycles. The summed E-state index contributed by atoms with van der Waals surface area (Å²) in [4.78, 5) is 7.28. The predicted octanol–water partition coefficient (Wildman–Crippen LogP) is 2.62. The number of aromatic amines is 1. The fourth-order valence-electron chi connectivity index (χ4n) is 2.00. The van der Waals surface area contributed by atoms with E-state index in [0.29, 0.717) is 18.1 Å². The van der Waals surface area contributed by atoms with E-state index < -0.39 is 10.0 Å². The standard InChI is InChI=1S/C14H18ClN3O2S/c1-2-13(14-16-9-10-17-14)18-21(19,20)12-5-3-11(4-6-12)7-8-15/h3-6,9-10,13,18H,2,7-8H2,1H3,(H,16,17). The van der Waals surface area contributed by atoms with Crippen molar-refractivity contribution in [1.29, 1.82) is 0 Å². The Hall–Kier alpha value is -1.37. The normalized spacial score (nSPS) is 13.2. The summed E-state index contributed by atoms with van der Waals surface area (Å²) in [7, 11) is -3.57. The average molecular weight is 328 g/mol. The van der Waals surface area contributed by atoms with Crippen LogP contribution in [0.1, 0.15) is 30.8 Å². The van der Waals surface area contributed by atoms with Crippen LogP contribution in [0.25, 0.3) is 0 Å². The van der Waals surface area contributed by atoms with Gasteiger partial charge in [-0.15, -0.1) is 11.6 Å². The third-order valence-electron chi connectivity index (χ3n) is 3.17. The second-order valence-electron chi connectivity index (χ2n) is 4.64. The molecule has 0 saturated heterocycles. The van der Waals surface area contributed by atoms with Crippen LogP contribution in [0.4, 0.5) is 0 Å². The Morgan fingerprint density at radius 3 is 2.57 bits per heavy atom. The van der Waals surface area contributed by atoms with Gasteiger partial charge in [0.25, 0.3) is 0 Å². The number of alkyl halides is 1. The van der Waals surface area contributed by atoms with Gasteiger partial charge < -0.3 is 4.98 Å². The molecular formula is C14H18ClN3O2S. The van der Waals surface area contributed by atoms with Gasteiger partial charge in [0.2, 0.25) is 10.0 Å². The lowest BCUT2D eigenvalue weighted by atomic mass is 10.2. The van der Waals surface area contributed by atoms with Crippen LogP contribution in [0, 0.1) is 0 Å². The van der Waals surface area contributed by atoms with Crippen molar-refractivity contribution < 1.29 is 8.42 Å². The summed E-state index contributed by atoms with van der Waals surface area (Å²) in [5.74, 6) is 1.13. The van der Waals surface area contributed by atoms with Crippen molar-refractivity contribution in [2.24, 2.45) is 0 Å². The Bertz CT molecular complexity index is 654. The zero-order chi connectivity index (χ0) is 15.3. The zero-order valence-electron chi connectivity index (χ0n) is 11.7. The summed E-state index contributed by atoms with van der Waals surface area (Å²) in [5, 5.41) is 0. The summed E-state index contributed by atoms with van der Waals surface area (Å²) < 4.78 is 27.4. The number of nitrogens with zero attached hydrogens (tertiary/aromatic N) is 1. The summed E-state index contributed by atoms with van der Waals surface area (Å²) in [6, 6.07) is 6.39. The first-order chi connectivity index (χ1) is 10.1. The van der Waals surface area contributed by atoms with Gasteiger partial charge in [-0.05, 0) is 30.5 Å². The third-order valence-corrected chi connectivity index (χ3v) is 4.85. The minimum atomic E-state index is -3.57. The van der Waals surface area contributed by atoms with E-state index in [2.05, 4.69) is 14.7 Å². The number of hydrogen-bond donors (Lipinski definition) is 2. The highest BCUT2D eigenvalue weighted by Gasteiger charge is 2.21. The van der Waals surface area contributed by atoms with E-state index in [4.69, 9.17) is 11.6 Å². The van der Waals surface area contributed by atoms with Gasteiger partial charge in [-0.2, -0.15) is 0 Å². The van der Waals surface area contributed by atoms with Crippen molar-refractivity contribution in [1.82, 2.24) is 14.7 Å². The number of sulfonamides is 1. The van der Waals surface area contributed by atoms with Gasteiger partial charge in [-0.1, -0.05) is 19.1 Å². The second-order valence-corrected chi connectivity index (χ2v) is 6.73. The quantitative estimate of drug-likeness (QED) is 0.768. The molecule has 2 aromatic rings. The highest BCUT2D eigenvalue weighted by molar-refractivity contribution is 7.89. The van der Waals surface area contributed by atoms with Crippen LogP contribution >= 0.6 is 11.6 Å². The van der Waals surface area contributed by atoms with Crippen molar-refractivity contribution in [3.05, 3.63) is 48.0 Å². The zero-order valence-corrected chi connectivity index (χ0v) is 13.3. The monoisotopic (exact) mass is 327 g/mol. The minimum absolute atomic E-state index is 0.242. The highest BCUT2D eigenvalue weighted by Crippen LogP contribution is 2.18. The molecule has 1 atom stereocenters. The van der Waals surface area contributed by atoms with Crippen LogP contribution in [0.5, 0.6) is 0 Å². The number of nitrogens with one attached hydrogen (secondary N) is 2. The fourth-order valence-corrected chi connectivity index (χ4v) is 3.50. The summed E-state index contributed by atoms with van der Waals surface area (Å²) >= 11 is 5.67. The molecule has 2 N–H and O–H groups in total. The maximum absolute atomic E-state index is 12.4. The van der Waals surface area contributed by atoms with Crippen molar-refractivity contribution in [2.75, 3.05) is 5.88 Å². The molecule has 0 saturated carbocycles. The molecule has 114 valence electrons. The Kier molecular flexibility index (Phi) is 5.39. The van der Waals surface area contributed by atoms with Crippen LogP contribution < -0.4 is 4.72 Å². The molecule has 0 amide bonds. The molecule has 1 aromatic heterocycles. The maximum Gasteiger partial charge on any atom is 0.241 e. The van der Waals surface area contributed by atoms with E-state index in [9.17, 15) is 8.42 Å². The lowest BCUT2D eigenvalue weighted by Gasteiger charge is -2.15. The fraction of sp³-hybridized carbons (Fsp3) is 0.357. The van der Waals surface area contributed by atoms with Gasteiger partial charge in [-0.3, -0.25) is 0 Å². The first-order valence-corrected chi connectivity index (χ1v) is 8.75. The molecule has 21 heavy (non-hydrogen) atoms. The Morgan fingerprint density at radius 2 is 2.05 bits per heavy atom. The second kappa shape index (κ2) is 7.06. The Morgan fingerprint density at radius 1 is 1.33 bits per heavy atom. The molecule has 0 aliphatic rings. The number of benzene rings is 1. The largest absolute Gasteiger partial charge is 0.347 e. The molecule has 2 rings (SSSR count). The van der Waals surface area contributed by atoms with Crippen LogP contribution in [-0.2, 0) is 16.4 Å². The molecule has 0 bridgehead atoms. The van der Waals surface area contributed by atoms with Crippen molar-refractivity contribution in [3.63, 3.8) is 0 Å². The first kappa shape index (κ1) is 16.0. The topological polar surface area (TPSA) is 74.8 Å². The molecule has 0 spiro atoms. The van der Waals surface area contributed by atoms with E-state index >= 15 is 0 Å². The summed E-state index contributed by atoms with van der Waals surface area (Å²) in [6.07, 6.45) is 4.61. The number of hydrogen-bond acceptors (Lipinski definition) is 3. The SMILES string of the molecule is CCC(NS(=O)(=O)c1ccc(CCCl)cc1)c1ncc[nH]1. The van der Waals surface area contributed by atoms with Gasteiger partial charge in [0.15, 0.2) is 0 Å². The smallest absolute Gasteiger partial charge is 0.241 e. The Labute approximate surface area is 129 Å². The molecule has 5 nitrogen and oxygen atoms in total. The number of rotatable bonds is 7. The van der Waals surface area contributed by atoms with E-state index in [1.165, 1.54) is 0 Å². The molecule has 0 aliphatic carbocycles. The number of H-pyrrole nitrogens is 1. The maximum atomic E-state index is 12.4. The molecule has 1 heterocycles. The van der Waals surface area contributed by atoms with Crippen molar-refractivity contribution >= 4 is 21.6 Å². The van der Waals surface area contributed by atoms with Crippen molar-refractivity contribution in [2.45, 2.75) is 30.7 Å². The number of halogens is 1. The van der Waals surface area contributed by atoms with Gasteiger partial charge >= 0.3 is 0 Å². The summed E-state index contributed by atoms with van der Waals surface area (Å²) in [5.41, 5.74) is 1.02. The molecule has 0 radical (unpaired) electrons. The third kappa shape index (κ3) is 4.06.